The third-order valence-electron chi connectivity index (χ3n) is 2.73. The summed E-state index contributed by atoms with van der Waals surface area (Å²) in [6.45, 7) is 3.89. The van der Waals surface area contributed by atoms with Gasteiger partial charge in [0, 0.05) is 0 Å². The van der Waals surface area contributed by atoms with Crippen LogP contribution in [0.5, 0.6) is 5.75 Å². The van der Waals surface area contributed by atoms with Crippen molar-refractivity contribution in [1.29, 1.82) is 0 Å². The van der Waals surface area contributed by atoms with E-state index in [0.717, 1.165) is 12.1 Å². The van der Waals surface area contributed by atoms with E-state index in [9.17, 15) is 26.4 Å². The predicted octanol–water partition coefficient (Wildman–Crippen LogP) is 2.33. The summed E-state index contributed by atoms with van der Waals surface area (Å²) < 4.78 is 68.2. The highest BCUT2D eigenvalue weighted by Gasteiger charge is 2.35. The van der Waals surface area contributed by atoms with Crippen molar-refractivity contribution in [3.8, 4) is 5.75 Å². The average Bonchev–Trinajstić information content (AvgIpc) is 2.37. The summed E-state index contributed by atoms with van der Waals surface area (Å²) in [5, 5.41) is -0.855. The summed E-state index contributed by atoms with van der Waals surface area (Å²) in [5.41, 5.74) is -1.04. The van der Waals surface area contributed by atoms with Crippen LogP contribution >= 0.6 is 0 Å². The van der Waals surface area contributed by atoms with E-state index in [1.54, 1.807) is 4.72 Å². The van der Waals surface area contributed by atoms with Gasteiger partial charge in [-0.05, 0) is 32.9 Å². The van der Waals surface area contributed by atoms with Crippen LogP contribution in [0.2, 0.25) is 0 Å². The van der Waals surface area contributed by atoms with Crippen molar-refractivity contribution in [2.75, 3.05) is 0 Å². The van der Waals surface area contributed by atoms with Gasteiger partial charge in [-0.25, -0.2) is 13.1 Å². The summed E-state index contributed by atoms with van der Waals surface area (Å²) >= 11 is 0. The van der Waals surface area contributed by atoms with Crippen LogP contribution in [0.15, 0.2) is 24.3 Å². The Labute approximate surface area is 126 Å². The number of carbonyl (C=O) groups excluding carboxylic acids is 1. The molecule has 1 amide bonds. The molecule has 1 aromatic carbocycles. The number of alkyl halides is 3. The molecule has 1 atom stereocenters. The smallest absolute Gasteiger partial charge is 0.419 e. The van der Waals surface area contributed by atoms with Crippen LogP contribution in [0.1, 0.15) is 26.3 Å². The van der Waals surface area contributed by atoms with Crippen molar-refractivity contribution in [3.63, 3.8) is 0 Å². The Hall–Kier alpha value is -1.77. The highest BCUT2D eigenvalue weighted by atomic mass is 32.2. The number of hydrogen-bond donors (Lipinski definition) is 1. The topological polar surface area (TPSA) is 72.5 Å². The first kappa shape index (κ1) is 18.3. The third-order valence-corrected chi connectivity index (χ3v) is 4.46. The molecule has 0 aliphatic heterocycles. The lowest BCUT2D eigenvalue weighted by Crippen LogP contribution is -2.43. The molecule has 0 radical (unpaired) electrons. The van der Waals surface area contributed by atoms with Crippen molar-refractivity contribution in [2.24, 2.45) is 0 Å². The van der Waals surface area contributed by atoms with E-state index in [4.69, 9.17) is 4.74 Å². The molecule has 0 spiro atoms. The maximum atomic E-state index is 12.8. The van der Waals surface area contributed by atoms with Crippen LogP contribution in [0.3, 0.4) is 0 Å². The molecule has 1 unspecified atom stereocenters. The Kier molecular flexibility index (Phi) is 5.44. The van der Waals surface area contributed by atoms with E-state index in [2.05, 4.69) is 0 Å². The Morgan fingerprint density at radius 3 is 2.23 bits per heavy atom. The van der Waals surface area contributed by atoms with E-state index in [0.29, 0.717) is 0 Å². The molecule has 0 fully saturated rings. The van der Waals surface area contributed by atoms with Gasteiger partial charge in [-0.2, -0.15) is 13.2 Å². The normalized spacial score (nSPS) is 13.8. The molecule has 1 N–H and O–H groups in total. The second-order valence-electron chi connectivity index (χ2n) is 4.81. The van der Waals surface area contributed by atoms with Crippen LogP contribution in [-0.4, -0.2) is 25.7 Å². The van der Waals surface area contributed by atoms with E-state index in [1.807, 2.05) is 0 Å². The van der Waals surface area contributed by atoms with E-state index >= 15 is 0 Å². The second-order valence-corrected chi connectivity index (χ2v) is 7.05. The van der Waals surface area contributed by atoms with Crippen molar-refractivity contribution in [2.45, 2.75) is 38.3 Å². The van der Waals surface area contributed by atoms with E-state index in [1.165, 1.54) is 32.9 Å². The monoisotopic (exact) mass is 339 g/mol. The van der Waals surface area contributed by atoms with Gasteiger partial charge in [-0.3, -0.25) is 4.79 Å². The van der Waals surface area contributed by atoms with Crippen molar-refractivity contribution >= 4 is 15.9 Å². The molecule has 9 heteroatoms. The first-order valence-corrected chi connectivity index (χ1v) is 7.88. The van der Waals surface area contributed by atoms with Gasteiger partial charge in [0.2, 0.25) is 10.0 Å². The van der Waals surface area contributed by atoms with Crippen LogP contribution in [-0.2, 0) is 21.0 Å². The van der Waals surface area contributed by atoms with Gasteiger partial charge in [0.15, 0.2) is 6.10 Å². The molecule has 0 aliphatic rings. The number of ether oxygens (including phenoxy) is 1. The lowest BCUT2D eigenvalue weighted by atomic mass is 10.2. The molecule has 5 nitrogen and oxygen atoms in total. The minimum atomic E-state index is -4.64. The van der Waals surface area contributed by atoms with Gasteiger partial charge in [0.1, 0.15) is 5.75 Å². The number of halogens is 3. The summed E-state index contributed by atoms with van der Waals surface area (Å²) in [4.78, 5) is 11.7. The highest BCUT2D eigenvalue weighted by Crippen LogP contribution is 2.36. The number of benzene rings is 1. The Bertz CT molecular complexity index is 641. The summed E-state index contributed by atoms with van der Waals surface area (Å²) in [6.07, 6.45) is -6.05. The van der Waals surface area contributed by atoms with Crippen molar-refractivity contribution in [1.82, 2.24) is 4.72 Å². The molecule has 124 valence electrons. The van der Waals surface area contributed by atoms with Gasteiger partial charge in [-0.15, -0.1) is 0 Å². The van der Waals surface area contributed by atoms with Crippen LogP contribution in [0.25, 0.3) is 0 Å². The first-order valence-electron chi connectivity index (χ1n) is 6.33. The molecule has 0 saturated carbocycles. The predicted molar refractivity (Wildman–Crippen MR) is 73.7 cm³/mol. The number of nitrogens with one attached hydrogen (secondary N) is 1. The van der Waals surface area contributed by atoms with Crippen molar-refractivity contribution in [3.05, 3.63) is 29.8 Å². The number of hydrogen-bond acceptors (Lipinski definition) is 4. The Morgan fingerprint density at radius 2 is 1.73 bits per heavy atom. The van der Waals surface area contributed by atoms with E-state index in [-0.39, 0.29) is 0 Å². The molecular weight excluding hydrogens is 323 g/mol. The molecule has 22 heavy (non-hydrogen) atoms. The quantitative estimate of drug-likeness (QED) is 0.894. The average molecular weight is 339 g/mol. The number of amides is 1. The second kappa shape index (κ2) is 6.55. The van der Waals surface area contributed by atoms with Crippen LogP contribution < -0.4 is 9.46 Å². The van der Waals surface area contributed by atoms with Gasteiger partial charge in [0.25, 0.3) is 5.91 Å². The fourth-order valence-electron chi connectivity index (χ4n) is 1.39. The highest BCUT2D eigenvalue weighted by molar-refractivity contribution is 7.90. The number of para-hydroxylation sites is 1. The van der Waals surface area contributed by atoms with Crippen LogP contribution in [0, 0.1) is 0 Å². The summed E-state index contributed by atoms with van der Waals surface area (Å²) in [7, 11) is -3.88. The lowest BCUT2D eigenvalue weighted by Gasteiger charge is -2.18. The molecule has 0 heterocycles. The zero-order valence-electron chi connectivity index (χ0n) is 12.1. The zero-order chi connectivity index (χ0) is 17.1. The third kappa shape index (κ3) is 4.62. The maximum absolute atomic E-state index is 12.8. The fraction of sp³-hybridized carbons (Fsp3) is 0.462. The molecule has 0 bridgehead atoms. The SMILES string of the molecule is CC(Oc1ccccc1C(F)(F)F)C(=O)NS(=O)(=O)C(C)C. The molecule has 0 aliphatic carbocycles. The summed E-state index contributed by atoms with van der Waals surface area (Å²) in [5.74, 6) is -1.58. The van der Waals surface area contributed by atoms with Gasteiger partial charge in [-0.1, -0.05) is 12.1 Å². The van der Waals surface area contributed by atoms with Gasteiger partial charge < -0.3 is 4.74 Å². The largest absolute Gasteiger partial charge is 0.480 e. The first-order chi connectivity index (χ1) is 9.95. The van der Waals surface area contributed by atoms with E-state index < -0.39 is 44.8 Å². The Balaban J connectivity index is 2.91. The fourth-order valence-corrected chi connectivity index (χ4v) is 2.07. The standard InChI is InChI=1S/C13H16F3NO4S/c1-8(2)22(19,20)17-12(18)9(3)21-11-7-5-4-6-10(11)13(14,15)16/h4-9H,1-3H3,(H,17,18). The number of carbonyl (C=O) groups is 1. The van der Waals surface area contributed by atoms with Crippen LogP contribution in [0.4, 0.5) is 13.2 Å². The molecule has 0 aromatic heterocycles. The summed E-state index contributed by atoms with van der Waals surface area (Å²) in [6, 6.07) is 4.37. The maximum Gasteiger partial charge on any atom is 0.419 e. The Morgan fingerprint density at radius 1 is 1.18 bits per heavy atom. The minimum Gasteiger partial charge on any atom is -0.480 e. The minimum absolute atomic E-state index is 0.542. The number of rotatable bonds is 5. The van der Waals surface area contributed by atoms with Gasteiger partial charge >= 0.3 is 6.18 Å². The molecule has 0 saturated heterocycles. The molecule has 1 rings (SSSR count). The van der Waals surface area contributed by atoms with Gasteiger partial charge in [0.05, 0.1) is 10.8 Å². The molecule has 1 aromatic rings. The number of sulfonamides is 1. The van der Waals surface area contributed by atoms with Crippen molar-refractivity contribution < 1.29 is 31.1 Å². The lowest BCUT2D eigenvalue weighted by molar-refractivity contribution is -0.140. The zero-order valence-corrected chi connectivity index (χ0v) is 13.0. The molecular formula is C13H16F3NO4S.